The van der Waals surface area contributed by atoms with Crippen LogP contribution in [0, 0.1) is 0 Å². The molecule has 0 spiro atoms. The summed E-state index contributed by atoms with van der Waals surface area (Å²) in [5.41, 5.74) is 0.857. The molecule has 0 aliphatic carbocycles. The van der Waals surface area contributed by atoms with Gasteiger partial charge in [-0.05, 0) is 42.5 Å². The minimum absolute atomic E-state index is 0.0344. The average Bonchev–Trinajstić information content (AvgIpc) is 2.98. The van der Waals surface area contributed by atoms with Crippen LogP contribution in [0.3, 0.4) is 0 Å². The molecule has 1 aliphatic heterocycles. The summed E-state index contributed by atoms with van der Waals surface area (Å²) >= 11 is 0. The molecule has 9 nitrogen and oxygen atoms in total. The van der Waals surface area contributed by atoms with Crippen LogP contribution in [0.4, 0.5) is 4.79 Å². The Hall–Kier alpha value is -3.24. The molecule has 0 unspecified atom stereocenters. The van der Waals surface area contributed by atoms with Crippen LogP contribution in [0.1, 0.15) is 5.69 Å². The van der Waals surface area contributed by atoms with Gasteiger partial charge in [-0.1, -0.05) is 0 Å². The molecule has 4 amide bonds. The number of rotatable bonds is 3. The molecule has 2 heterocycles. The van der Waals surface area contributed by atoms with E-state index >= 15 is 0 Å². The number of sulfonamides is 1. The van der Waals surface area contributed by atoms with E-state index in [4.69, 9.17) is 5.14 Å². The molecule has 2 aromatic rings. The van der Waals surface area contributed by atoms with Gasteiger partial charge in [0.25, 0.3) is 11.8 Å². The number of nitrogens with two attached hydrogens (primary N) is 1. The number of aromatic nitrogens is 1. The number of imide groups is 2. The lowest BCUT2D eigenvalue weighted by Crippen LogP contribution is -2.51. The van der Waals surface area contributed by atoms with Crippen LogP contribution in [-0.4, -0.2) is 30.8 Å². The molecule has 0 saturated carbocycles. The summed E-state index contributed by atoms with van der Waals surface area (Å²) in [6.07, 6.45) is 2.99. The van der Waals surface area contributed by atoms with Crippen LogP contribution in [0.15, 0.2) is 53.1 Å². The number of hydrogen-bond acceptors (Lipinski definition) is 5. The number of hydrogen-bond donors (Lipinski definition) is 3. The minimum atomic E-state index is -3.80. The first-order valence-corrected chi connectivity index (χ1v) is 8.49. The molecule has 1 aromatic carbocycles. The van der Waals surface area contributed by atoms with Crippen molar-refractivity contribution in [2.24, 2.45) is 5.14 Å². The third-order valence-electron chi connectivity index (χ3n) is 3.46. The Morgan fingerprint density at radius 2 is 1.56 bits per heavy atom. The van der Waals surface area contributed by atoms with Gasteiger partial charge in [0.2, 0.25) is 10.0 Å². The second-order valence-corrected chi connectivity index (χ2v) is 6.70. The third kappa shape index (κ3) is 3.34. The lowest BCUT2D eigenvalue weighted by molar-refractivity contribution is -0.123. The van der Waals surface area contributed by atoms with E-state index in [1.165, 1.54) is 30.3 Å². The molecule has 1 saturated heterocycles. The van der Waals surface area contributed by atoms with Gasteiger partial charge in [0.15, 0.2) is 0 Å². The Morgan fingerprint density at radius 3 is 2.12 bits per heavy atom. The van der Waals surface area contributed by atoms with Gasteiger partial charge >= 0.3 is 6.03 Å². The van der Waals surface area contributed by atoms with Gasteiger partial charge < -0.3 is 4.57 Å². The summed E-state index contributed by atoms with van der Waals surface area (Å²) in [5.74, 6) is -1.60. The molecule has 3 rings (SSSR count). The van der Waals surface area contributed by atoms with Gasteiger partial charge in [-0.2, -0.15) is 0 Å². The zero-order valence-corrected chi connectivity index (χ0v) is 13.4. The largest absolute Gasteiger partial charge is 0.328 e. The standard InChI is InChI=1S/C15H12N4O5S/c16-25(23,24)11-5-3-9(4-6-11)19-7-1-2-10(19)8-12-13(20)17-15(22)18-14(12)21/h1-8H,(H2,16,23,24)(H2,17,18,20,21,22). The molecule has 1 aliphatic rings. The Kier molecular flexibility index (Phi) is 3.99. The number of nitrogens with zero attached hydrogens (tertiary/aromatic N) is 1. The Labute approximate surface area is 142 Å². The van der Waals surface area contributed by atoms with Crippen molar-refractivity contribution in [3.8, 4) is 5.69 Å². The lowest BCUT2D eigenvalue weighted by Gasteiger charge is -2.14. The quantitative estimate of drug-likeness (QED) is 0.517. The van der Waals surface area contributed by atoms with Gasteiger partial charge in [0, 0.05) is 17.6 Å². The van der Waals surface area contributed by atoms with Crippen LogP contribution in [0.2, 0.25) is 0 Å². The van der Waals surface area contributed by atoms with E-state index in [2.05, 4.69) is 0 Å². The summed E-state index contributed by atoms with van der Waals surface area (Å²) < 4.78 is 24.2. The number of carbonyl (C=O) groups is 3. The fourth-order valence-corrected chi connectivity index (χ4v) is 2.81. The van der Waals surface area contributed by atoms with E-state index in [1.54, 1.807) is 22.9 Å². The molecule has 0 atom stereocenters. The van der Waals surface area contributed by atoms with E-state index < -0.39 is 27.9 Å². The highest BCUT2D eigenvalue weighted by Crippen LogP contribution is 2.18. The molecular weight excluding hydrogens is 348 g/mol. The molecule has 1 aromatic heterocycles. The van der Waals surface area contributed by atoms with Crippen molar-refractivity contribution in [3.05, 3.63) is 53.9 Å². The minimum Gasteiger partial charge on any atom is -0.317 e. The highest BCUT2D eigenvalue weighted by atomic mass is 32.2. The number of amides is 4. The number of barbiturate groups is 1. The Morgan fingerprint density at radius 1 is 0.960 bits per heavy atom. The van der Waals surface area contributed by atoms with Gasteiger partial charge in [-0.25, -0.2) is 18.4 Å². The lowest BCUT2D eigenvalue weighted by atomic mass is 10.1. The van der Waals surface area contributed by atoms with Crippen LogP contribution in [-0.2, 0) is 19.6 Å². The highest BCUT2D eigenvalue weighted by molar-refractivity contribution is 7.89. The number of urea groups is 1. The van der Waals surface area contributed by atoms with E-state index in [1.807, 2.05) is 10.6 Å². The maximum absolute atomic E-state index is 11.8. The predicted octanol–water partition coefficient (Wildman–Crippen LogP) is -0.126. The zero-order valence-electron chi connectivity index (χ0n) is 12.6. The zero-order chi connectivity index (χ0) is 18.2. The summed E-state index contributed by atoms with van der Waals surface area (Å²) in [6.45, 7) is 0. The predicted molar refractivity (Wildman–Crippen MR) is 86.8 cm³/mol. The number of primary sulfonamides is 1. The number of nitrogens with one attached hydrogen (secondary N) is 2. The first kappa shape index (κ1) is 16.6. The first-order chi connectivity index (χ1) is 11.8. The van der Waals surface area contributed by atoms with Crippen molar-refractivity contribution < 1.29 is 22.8 Å². The molecule has 1 fully saturated rings. The molecule has 128 valence electrons. The smallest absolute Gasteiger partial charge is 0.317 e. The number of carbonyl (C=O) groups excluding carboxylic acids is 3. The molecule has 4 N–H and O–H groups in total. The molecule has 0 bridgehead atoms. The van der Waals surface area contributed by atoms with E-state index in [0.717, 1.165) is 0 Å². The maximum Gasteiger partial charge on any atom is 0.328 e. The Bertz CT molecular complexity index is 996. The normalized spacial score (nSPS) is 14.9. The van der Waals surface area contributed by atoms with E-state index in [-0.39, 0.29) is 10.5 Å². The highest BCUT2D eigenvalue weighted by Gasteiger charge is 2.28. The van der Waals surface area contributed by atoms with Crippen LogP contribution in [0.5, 0.6) is 0 Å². The Balaban J connectivity index is 1.99. The topological polar surface area (TPSA) is 140 Å². The van der Waals surface area contributed by atoms with Crippen molar-refractivity contribution in [2.45, 2.75) is 4.90 Å². The van der Waals surface area contributed by atoms with Gasteiger partial charge in [-0.3, -0.25) is 20.2 Å². The summed E-state index contributed by atoms with van der Waals surface area (Å²) in [5, 5.41) is 9.04. The van der Waals surface area contributed by atoms with Gasteiger partial charge in [0.05, 0.1) is 4.90 Å². The molecule has 10 heteroatoms. The first-order valence-electron chi connectivity index (χ1n) is 6.95. The maximum atomic E-state index is 11.8. The van der Waals surface area contributed by atoms with Gasteiger partial charge in [-0.15, -0.1) is 0 Å². The molecule has 0 radical (unpaired) electrons. The molecule has 25 heavy (non-hydrogen) atoms. The van der Waals surface area contributed by atoms with Crippen LogP contribution >= 0.6 is 0 Å². The summed E-state index contributed by atoms with van der Waals surface area (Å²) in [6, 6.07) is 8.22. The van der Waals surface area contributed by atoms with E-state index in [0.29, 0.717) is 11.4 Å². The fraction of sp³-hybridized carbons (Fsp3) is 0. The monoisotopic (exact) mass is 360 g/mol. The SMILES string of the molecule is NS(=O)(=O)c1ccc(-n2cccc2C=C2C(=O)NC(=O)NC2=O)cc1. The van der Waals surface area contributed by atoms with Crippen molar-refractivity contribution in [3.63, 3.8) is 0 Å². The van der Waals surface area contributed by atoms with Gasteiger partial charge in [0.1, 0.15) is 5.57 Å². The van der Waals surface area contributed by atoms with Crippen molar-refractivity contribution in [1.82, 2.24) is 15.2 Å². The van der Waals surface area contributed by atoms with Crippen molar-refractivity contribution >= 4 is 33.9 Å². The molecular formula is C15H12N4O5S. The summed E-state index contributed by atoms with van der Waals surface area (Å²) in [4.78, 5) is 34.6. The number of benzene rings is 1. The van der Waals surface area contributed by atoms with Crippen LogP contribution < -0.4 is 15.8 Å². The third-order valence-corrected chi connectivity index (χ3v) is 4.39. The second kappa shape index (κ2) is 6.00. The average molecular weight is 360 g/mol. The van der Waals surface area contributed by atoms with Crippen molar-refractivity contribution in [1.29, 1.82) is 0 Å². The van der Waals surface area contributed by atoms with Crippen molar-refractivity contribution in [2.75, 3.05) is 0 Å². The summed E-state index contributed by atoms with van der Waals surface area (Å²) in [7, 11) is -3.80. The fourth-order valence-electron chi connectivity index (χ4n) is 2.30. The second-order valence-electron chi connectivity index (χ2n) is 5.14. The van der Waals surface area contributed by atoms with E-state index in [9.17, 15) is 22.8 Å². The van der Waals surface area contributed by atoms with Crippen LogP contribution in [0.25, 0.3) is 11.8 Å².